The highest BCUT2D eigenvalue weighted by Crippen LogP contribution is 2.30. The Morgan fingerprint density at radius 2 is 1.88 bits per heavy atom. The summed E-state index contributed by atoms with van der Waals surface area (Å²) in [4.78, 5) is 0.0601. The first-order valence-electron chi connectivity index (χ1n) is 4.86. The van der Waals surface area contributed by atoms with Crippen molar-refractivity contribution in [1.29, 1.82) is 0 Å². The van der Waals surface area contributed by atoms with Crippen molar-refractivity contribution in [3.8, 4) is 0 Å². The molecule has 3 N–H and O–H groups in total. The Bertz CT molecular complexity index is 496. The maximum Gasteiger partial charge on any atom is 0.182 e. The van der Waals surface area contributed by atoms with E-state index in [-0.39, 0.29) is 22.1 Å². The molecule has 6 nitrogen and oxygen atoms in total. The number of hydrogen-bond acceptors (Lipinski definition) is 5. The summed E-state index contributed by atoms with van der Waals surface area (Å²) in [6, 6.07) is 0. The molecule has 16 heavy (non-hydrogen) atoms. The highest BCUT2D eigenvalue weighted by molar-refractivity contribution is 7.91. The maximum absolute atomic E-state index is 11.6. The van der Waals surface area contributed by atoms with Crippen LogP contribution in [-0.2, 0) is 15.4 Å². The van der Waals surface area contributed by atoms with Crippen molar-refractivity contribution >= 4 is 21.5 Å². The Hall–Kier alpha value is -1.24. The molecule has 1 aromatic rings. The molecule has 0 saturated heterocycles. The zero-order valence-corrected chi connectivity index (χ0v) is 11.0. The van der Waals surface area contributed by atoms with Gasteiger partial charge in [-0.25, -0.2) is 13.1 Å². The summed E-state index contributed by atoms with van der Waals surface area (Å²) in [7, 11) is -1.77. The van der Waals surface area contributed by atoms with Crippen LogP contribution in [0.15, 0.2) is 4.90 Å². The van der Waals surface area contributed by atoms with E-state index < -0.39 is 9.84 Å². The first-order valence-corrected chi connectivity index (χ1v) is 6.75. The van der Waals surface area contributed by atoms with Crippen molar-refractivity contribution in [1.82, 2.24) is 9.78 Å². The van der Waals surface area contributed by atoms with E-state index in [1.807, 2.05) is 20.8 Å². The van der Waals surface area contributed by atoms with Crippen molar-refractivity contribution in [2.24, 2.45) is 0 Å². The van der Waals surface area contributed by atoms with Gasteiger partial charge in [0.15, 0.2) is 20.6 Å². The summed E-state index contributed by atoms with van der Waals surface area (Å²) < 4.78 is 24.7. The van der Waals surface area contributed by atoms with Crippen LogP contribution in [0.25, 0.3) is 0 Å². The van der Waals surface area contributed by atoms with Crippen LogP contribution in [0, 0.1) is 0 Å². The molecule has 0 aliphatic rings. The van der Waals surface area contributed by atoms with E-state index >= 15 is 0 Å². The third-order valence-corrected chi connectivity index (χ3v) is 3.26. The predicted octanol–water partition coefficient (Wildman–Crippen LogP) is 0.666. The van der Waals surface area contributed by atoms with Gasteiger partial charge in [-0.05, 0) is 20.8 Å². The van der Waals surface area contributed by atoms with Crippen molar-refractivity contribution in [2.75, 3.05) is 24.4 Å². The zero-order valence-electron chi connectivity index (χ0n) is 10.2. The van der Waals surface area contributed by atoms with Gasteiger partial charge in [0.25, 0.3) is 0 Å². The minimum Gasteiger partial charge on any atom is -0.383 e. The second-order valence-electron chi connectivity index (χ2n) is 4.67. The van der Waals surface area contributed by atoms with Gasteiger partial charge in [0.05, 0.1) is 5.54 Å². The minimum absolute atomic E-state index is 0.0601. The number of nitrogens with zero attached hydrogens (tertiary/aromatic N) is 2. The highest BCUT2D eigenvalue weighted by atomic mass is 32.2. The number of nitrogens with one attached hydrogen (secondary N) is 1. The van der Waals surface area contributed by atoms with E-state index in [0.717, 1.165) is 6.26 Å². The van der Waals surface area contributed by atoms with Crippen molar-refractivity contribution in [3.63, 3.8) is 0 Å². The lowest BCUT2D eigenvalue weighted by molar-refractivity contribution is 0.362. The molecule has 0 radical (unpaired) electrons. The second-order valence-corrected chi connectivity index (χ2v) is 6.62. The first-order chi connectivity index (χ1) is 7.09. The van der Waals surface area contributed by atoms with Gasteiger partial charge >= 0.3 is 0 Å². The van der Waals surface area contributed by atoms with Crippen LogP contribution in [0.4, 0.5) is 11.6 Å². The lowest BCUT2D eigenvalue weighted by atomic mass is 10.1. The van der Waals surface area contributed by atoms with Gasteiger partial charge in [-0.2, -0.15) is 5.10 Å². The van der Waals surface area contributed by atoms with E-state index in [0.29, 0.717) is 0 Å². The number of sulfone groups is 1. The molecule has 0 aromatic carbocycles. The SMILES string of the molecule is CNc1nn(C(C)(C)C)c(N)c1S(C)(=O)=O. The Morgan fingerprint density at radius 3 is 2.12 bits per heavy atom. The van der Waals surface area contributed by atoms with Gasteiger partial charge in [-0.15, -0.1) is 0 Å². The predicted molar refractivity (Wildman–Crippen MR) is 64.3 cm³/mol. The molecule has 1 rings (SSSR count). The number of anilines is 2. The highest BCUT2D eigenvalue weighted by Gasteiger charge is 2.28. The molecule has 0 amide bonds. The molecular formula is C9H18N4O2S. The lowest BCUT2D eigenvalue weighted by Gasteiger charge is -2.20. The fourth-order valence-corrected chi connectivity index (χ4v) is 2.42. The molecular weight excluding hydrogens is 228 g/mol. The zero-order chi connectivity index (χ0) is 12.7. The van der Waals surface area contributed by atoms with Crippen molar-refractivity contribution < 1.29 is 8.42 Å². The molecule has 7 heteroatoms. The van der Waals surface area contributed by atoms with Crippen LogP contribution in [0.5, 0.6) is 0 Å². The van der Waals surface area contributed by atoms with Gasteiger partial charge in [-0.3, -0.25) is 0 Å². The van der Waals surface area contributed by atoms with Crippen LogP contribution in [0.2, 0.25) is 0 Å². The van der Waals surface area contributed by atoms with Crippen LogP contribution >= 0.6 is 0 Å². The average Bonchev–Trinajstić information content (AvgIpc) is 2.40. The molecule has 0 aliphatic heterocycles. The largest absolute Gasteiger partial charge is 0.383 e. The summed E-state index contributed by atoms with van der Waals surface area (Å²) in [5.41, 5.74) is 5.47. The Labute approximate surface area is 95.7 Å². The van der Waals surface area contributed by atoms with Crippen LogP contribution < -0.4 is 11.1 Å². The third kappa shape index (κ3) is 2.13. The van der Waals surface area contributed by atoms with Crippen LogP contribution in [0.1, 0.15) is 20.8 Å². The van der Waals surface area contributed by atoms with Crippen LogP contribution in [-0.4, -0.2) is 31.5 Å². The number of nitrogens with two attached hydrogens (primary N) is 1. The minimum atomic E-state index is -3.39. The van der Waals surface area contributed by atoms with E-state index in [9.17, 15) is 8.42 Å². The molecule has 0 bridgehead atoms. The number of rotatable bonds is 2. The first kappa shape index (κ1) is 12.8. The molecule has 1 heterocycles. The van der Waals surface area contributed by atoms with E-state index in [1.54, 1.807) is 7.05 Å². The molecule has 0 saturated carbocycles. The standard InChI is InChI=1S/C9H18N4O2S/c1-9(2,3)13-7(10)6(16(5,14)15)8(11-4)12-13/h10H2,1-5H3,(H,11,12). The summed E-state index contributed by atoms with van der Waals surface area (Å²) in [5, 5.41) is 6.91. The average molecular weight is 246 g/mol. The lowest BCUT2D eigenvalue weighted by Crippen LogP contribution is -2.25. The molecule has 1 aromatic heterocycles. The van der Waals surface area contributed by atoms with Crippen molar-refractivity contribution in [3.05, 3.63) is 0 Å². The number of hydrogen-bond donors (Lipinski definition) is 2. The summed E-state index contributed by atoms with van der Waals surface area (Å²) in [6.45, 7) is 5.71. The third-order valence-electron chi connectivity index (χ3n) is 2.12. The summed E-state index contributed by atoms with van der Waals surface area (Å²) in [6.07, 6.45) is 1.12. The van der Waals surface area contributed by atoms with E-state index in [2.05, 4.69) is 10.4 Å². The van der Waals surface area contributed by atoms with E-state index in [1.165, 1.54) is 4.68 Å². The maximum atomic E-state index is 11.6. The molecule has 0 atom stereocenters. The molecule has 0 spiro atoms. The van der Waals surface area contributed by atoms with Gasteiger partial charge in [0.1, 0.15) is 5.82 Å². The molecule has 0 aliphatic carbocycles. The molecule has 92 valence electrons. The van der Waals surface area contributed by atoms with Gasteiger partial charge in [0, 0.05) is 13.3 Å². The number of aromatic nitrogens is 2. The Morgan fingerprint density at radius 1 is 1.38 bits per heavy atom. The normalized spacial score (nSPS) is 12.8. The molecule has 0 fully saturated rings. The smallest absolute Gasteiger partial charge is 0.182 e. The van der Waals surface area contributed by atoms with E-state index in [4.69, 9.17) is 5.73 Å². The fraction of sp³-hybridized carbons (Fsp3) is 0.667. The van der Waals surface area contributed by atoms with Crippen molar-refractivity contribution in [2.45, 2.75) is 31.2 Å². The second kappa shape index (κ2) is 3.65. The van der Waals surface area contributed by atoms with Gasteiger partial charge < -0.3 is 11.1 Å². The van der Waals surface area contributed by atoms with Gasteiger partial charge in [-0.1, -0.05) is 0 Å². The quantitative estimate of drug-likeness (QED) is 0.800. The topological polar surface area (TPSA) is 90.0 Å². The van der Waals surface area contributed by atoms with Crippen LogP contribution in [0.3, 0.4) is 0 Å². The summed E-state index contributed by atoms with van der Waals surface area (Å²) >= 11 is 0. The summed E-state index contributed by atoms with van der Waals surface area (Å²) in [5.74, 6) is 0.453. The monoisotopic (exact) mass is 246 g/mol. The fourth-order valence-electron chi connectivity index (χ4n) is 1.46. The molecule has 0 unspecified atom stereocenters. The Kier molecular flexibility index (Phi) is 2.93. The number of nitrogen functional groups attached to an aromatic ring is 1. The van der Waals surface area contributed by atoms with Gasteiger partial charge in [0.2, 0.25) is 0 Å². The Balaban J connectivity index is 3.58.